The molecule has 3 aromatic rings. The summed E-state index contributed by atoms with van der Waals surface area (Å²) < 4.78 is 3.50. The molecule has 3 aromatic heterocycles. The van der Waals surface area contributed by atoms with E-state index in [1.54, 1.807) is 10.6 Å². The van der Waals surface area contributed by atoms with Crippen molar-refractivity contribution in [2.24, 2.45) is 4.99 Å². The van der Waals surface area contributed by atoms with Crippen LogP contribution in [0.25, 0.3) is 15.6 Å². The van der Waals surface area contributed by atoms with Gasteiger partial charge in [0.25, 0.3) is 5.91 Å². The maximum atomic E-state index is 12.3. The molecule has 0 fully saturated rings. The lowest BCUT2D eigenvalue weighted by molar-refractivity contribution is 0.101. The molecule has 21 heavy (non-hydrogen) atoms. The zero-order valence-electron chi connectivity index (χ0n) is 10.4. The van der Waals surface area contributed by atoms with Gasteiger partial charge < -0.3 is 5.11 Å². The number of fused-ring (bicyclic) bond motifs is 5. The molecular weight excluding hydrogens is 372 g/mol. The highest BCUT2D eigenvalue weighted by atomic mass is 79.9. The molecule has 0 aliphatic carbocycles. The van der Waals surface area contributed by atoms with Crippen molar-refractivity contribution in [1.29, 1.82) is 0 Å². The van der Waals surface area contributed by atoms with Crippen LogP contribution >= 0.6 is 39.9 Å². The third-order valence-corrected chi connectivity index (χ3v) is 5.34. The van der Waals surface area contributed by atoms with Crippen molar-refractivity contribution in [2.75, 3.05) is 0 Å². The highest BCUT2D eigenvalue weighted by molar-refractivity contribution is 9.11. The fourth-order valence-electron chi connectivity index (χ4n) is 2.64. The first-order chi connectivity index (χ1) is 9.99. The van der Waals surface area contributed by atoms with E-state index in [1.807, 2.05) is 12.1 Å². The molecule has 7 heteroatoms. The molecule has 1 amide bonds. The van der Waals surface area contributed by atoms with Crippen LogP contribution in [0.2, 0.25) is 0 Å². The van der Waals surface area contributed by atoms with E-state index in [1.165, 1.54) is 11.3 Å². The lowest BCUT2D eigenvalue weighted by atomic mass is 10.1. The van der Waals surface area contributed by atoms with Crippen molar-refractivity contribution in [3.63, 3.8) is 0 Å². The second-order valence-corrected chi connectivity index (χ2v) is 7.63. The van der Waals surface area contributed by atoms with Crippen LogP contribution in [-0.4, -0.2) is 21.1 Å². The third-order valence-electron chi connectivity index (χ3n) is 3.47. The van der Waals surface area contributed by atoms with E-state index in [0.717, 1.165) is 13.9 Å². The van der Waals surface area contributed by atoms with Crippen molar-refractivity contribution in [3.8, 4) is 5.88 Å². The zero-order valence-corrected chi connectivity index (χ0v) is 13.7. The minimum absolute atomic E-state index is 0.00813. The molecule has 4 heterocycles. The Labute approximate surface area is 137 Å². The quantitative estimate of drug-likeness (QED) is 0.628. The molecule has 1 aliphatic rings. The summed E-state index contributed by atoms with van der Waals surface area (Å²) in [6, 6.07) is 3.88. The minimum atomic E-state index is -0.370. The van der Waals surface area contributed by atoms with Gasteiger partial charge in [-0.1, -0.05) is 6.58 Å². The van der Waals surface area contributed by atoms with Gasteiger partial charge in [0, 0.05) is 11.1 Å². The summed E-state index contributed by atoms with van der Waals surface area (Å²) >= 11 is 9.13. The van der Waals surface area contributed by atoms with Crippen molar-refractivity contribution in [1.82, 2.24) is 4.40 Å². The fraction of sp³-hybridized carbons (Fsp3) is 0. The number of aliphatic imine (C=N–C) groups is 1. The summed E-state index contributed by atoms with van der Waals surface area (Å²) in [5.41, 5.74) is 1.84. The monoisotopic (exact) mass is 378 g/mol. The van der Waals surface area contributed by atoms with Crippen LogP contribution in [0.5, 0.6) is 5.88 Å². The third kappa shape index (κ3) is 1.62. The van der Waals surface area contributed by atoms with Crippen LogP contribution in [0.15, 0.2) is 38.6 Å². The number of rotatable bonds is 1. The average Bonchev–Trinajstić information content (AvgIpc) is 3.03. The molecule has 0 spiro atoms. The molecule has 0 unspecified atom stereocenters. The summed E-state index contributed by atoms with van der Waals surface area (Å²) in [5, 5.41) is 11.5. The van der Waals surface area contributed by atoms with E-state index in [4.69, 9.17) is 0 Å². The Hall–Kier alpha value is -1.57. The molecule has 1 N–H and O–H groups in total. The molecule has 1 aliphatic heterocycles. The Morgan fingerprint density at radius 1 is 1.48 bits per heavy atom. The van der Waals surface area contributed by atoms with Crippen molar-refractivity contribution >= 4 is 67.1 Å². The highest BCUT2D eigenvalue weighted by Crippen LogP contribution is 2.42. The SMILES string of the molecule is C=C(S)C1=NC(=O)c2c1c(O)n1ccc3cc(Br)sc3c21. The molecule has 0 bridgehead atoms. The number of hydrogen-bond acceptors (Lipinski definition) is 4. The summed E-state index contributed by atoms with van der Waals surface area (Å²) in [4.78, 5) is 16.6. The van der Waals surface area contributed by atoms with E-state index in [0.29, 0.717) is 27.3 Å². The number of nitrogens with zero attached hydrogens (tertiary/aromatic N) is 2. The Balaban J connectivity index is 2.24. The summed E-state index contributed by atoms with van der Waals surface area (Å²) in [7, 11) is 0. The maximum absolute atomic E-state index is 12.3. The van der Waals surface area contributed by atoms with Crippen LogP contribution in [0, 0.1) is 0 Å². The predicted molar refractivity (Wildman–Crippen MR) is 91.1 cm³/mol. The lowest BCUT2D eigenvalue weighted by Crippen LogP contribution is -1.96. The number of carbonyl (C=O) groups excluding carboxylic acids is 1. The number of allylic oxidation sites excluding steroid dienone is 1. The minimum Gasteiger partial charge on any atom is -0.494 e. The Bertz CT molecular complexity index is 1010. The van der Waals surface area contributed by atoms with Gasteiger partial charge in [-0.25, -0.2) is 4.99 Å². The van der Waals surface area contributed by atoms with Gasteiger partial charge in [0.2, 0.25) is 5.88 Å². The van der Waals surface area contributed by atoms with E-state index in [-0.39, 0.29) is 11.8 Å². The maximum Gasteiger partial charge on any atom is 0.280 e. The smallest absolute Gasteiger partial charge is 0.280 e. The van der Waals surface area contributed by atoms with Gasteiger partial charge in [-0.05, 0) is 33.4 Å². The first-order valence-corrected chi connectivity index (χ1v) is 8.01. The number of thiophene rings is 1. The summed E-state index contributed by atoms with van der Waals surface area (Å²) in [6.45, 7) is 3.70. The predicted octanol–water partition coefficient (Wildman–Crippen LogP) is 4.01. The van der Waals surface area contributed by atoms with E-state index >= 15 is 0 Å². The van der Waals surface area contributed by atoms with Gasteiger partial charge in [-0.15, -0.1) is 24.0 Å². The topological polar surface area (TPSA) is 54.1 Å². The van der Waals surface area contributed by atoms with Crippen molar-refractivity contribution < 1.29 is 9.90 Å². The van der Waals surface area contributed by atoms with Gasteiger partial charge >= 0.3 is 0 Å². The van der Waals surface area contributed by atoms with Gasteiger partial charge in [0.05, 0.1) is 30.8 Å². The number of carbonyl (C=O) groups is 1. The second kappa shape index (κ2) is 4.22. The number of pyridine rings is 1. The van der Waals surface area contributed by atoms with Gasteiger partial charge in [0.15, 0.2) is 0 Å². The van der Waals surface area contributed by atoms with Crippen LogP contribution in [0.1, 0.15) is 15.9 Å². The zero-order chi connectivity index (χ0) is 14.9. The molecule has 0 saturated heterocycles. The molecule has 0 atom stereocenters. The lowest BCUT2D eigenvalue weighted by Gasteiger charge is -2.01. The van der Waals surface area contributed by atoms with Crippen LogP contribution in [0.3, 0.4) is 0 Å². The molecule has 4 rings (SSSR count). The largest absolute Gasteiger partial charge is 0.494 e. The molecular formula is C14H7BrN2O2S2. The van der Waals surface area contributed by atoms with Gasteiger partial charge in [0.1, 0.15) is 0 Å². The highest BCUT2D eigenvalue weighted by Gasteiger charge is 2.33. The van der Waals surface area contributed by atoms with Crippen molar-refractivity contribution in [3.05, 3.63) is 44.7 Å². The normalized spacial score (nSPS) is 14.0. The van der Waals surface area contributed by atoms with Gasteiger partial charge in [-0.3, -0.25) is 9.20 Å². The number of aromatic nitrogens is 1. The van der Waals surface area contributed by atoms with Crippen LogP contribution in [-0.2, 0) is 0 Å². The van der Waals surface area contributed by atoms with E-state index in [2.05, 4.69) is 40.1 Å². The Kier molecular flexibility index (Phi) is 2.64. The molecule has 0 aromatic carbocycles. The molecule has 0 radical (unpaired) electrons. The van der Waals surface area contributed by atoms with Crippen LogP contribution in [0.4, 0.5) is 0 Å². The first kappa shape index (κ1) is 13.1. The number of halogens is 1. The Morgan fingerprint density at radius 3 is 2.95 bits per heavy atom. The van der Waals surface area contributed by atoms with Crippen LogP contribution < -0.4 is 0 Å². The Morgan fingerprint density at radius 2 is 2.24 bits per heavy atom. The second-order valence-electron chi connectivity index (χ2n) is 4.66. The van der Waals surface area contributed by atoms with E-state index < -0.39 is 0 Å². The first-order valence-electron chi connectivity index (χ1n) is 5.95. The number of amides is 1. The summed E-state index contributed by atoms with van der Waals surface area (Å²) in [6.07, 6.45) is 1.75. The average molecular weight is 379 g/mol. The summed E-state index contributed by atoms with van der Waals surface area (Å²) in [5.74, 6) is -0.378. The van der Waals surface area contributed by atoms with E-state index in [9.17, 15) is 9.90 Å². The number of hydrogen-bond donors (Lipinski definition) is 2. The van der Waals surface area contributed by atoms with Gasteiger partial charge in [-0.2, -0.15) is 0 Å². The molecule has 104 valence electrons. The number of aromatic hydroxyl groups is 1. The number of thiol groups is 1. The van der Waals surface area contributed by atoms with Crippen molar-refractivity contribution in [2.45, 2.75) is 0 Å². The molecule has 4 nitrogen and oxygen atoms in total. The standard InChI is InChI=1S/C14H7BrN2O2S2/c1-5(20)10-8-9(13(18)16-10)11-12-6(4-7(15)21-12)2-3-17(11)14(8)19/h2-4,19-20H,1H2. The fourth-order valence-corrected chi connectivity index (χ4v) is 4.45. The molecule has 0 saturated carbocycles.